The summed E-state index contributed by atoms with van der Waals surface area (Å²) in [6, 6.07) is 6.59. The Balaban J connectivity index is 2.80. The minimum absolute atomic E-state index is 0.404. The smallest absolute Gasteiger partial charge is 0.325 e. The van der Waals surface area contributed by atoms with Crippen LogP contribution in [0.4, 0.5) is 0 Å². The fourth-order valence-corrected chi connectivity index (χ4v) is 1.71. The van der Waals surface area contributed by atoms with Crippen molar-refractivity contribution in [3.63, 3.8) is 0 Å². The van der Waals surface area contributed by atoms with Crippen LogP contribution in [-0.4, -0.2) is 24.2 Å². The molecule has 0 amide bonds. The van der Waals surface area contributed by atoms with E-state index >= 15 is 0 Å². The molecule has 0 saturated carbocycles. The van der Waals surface area contributed by atoms with Crippen LogP contribution in [0.1, 0.15) is 38.8 Å². The number of hydrogen-bond acceptors (Lipinski definition) is 3. The van der Waals surface area contributed by atoms with Gasteiger partial charge in [-0.1, -0.05) is 32.9 Å². The van der Waals surface area contributed by atoms with Crippen molar-refractivity contribution < 1.29 is 14.6 Å². The van der Waals surface area contributed by atoms with E-state index in [1.165, 1.54) is 0 Å². The number of ether oxygens (including phenoxy) is 1. The number of carboxylic acids is 1. The molecule has 2 N–H and O–H groups in total. The highest BCUT2D eigenvalue weighted by atomic mass is 16.5. The molecule has 0 spiro atoms. The molecule has 4 heteroatoms. The van der Waals surface area contributed by atoms with Crippen LogP contribution in [-0.2, 0) is 4.79 Å². The van der Waals surface area contributed by atoms with Gasteiger partial charge in [0.15, 0.2) is 0 Å². The van der Waals surface area contributed by atoms with E-state index in [4.69, 9.17) is 4.74 Å². The highest BCUT2D eigenvalue weighted by Crippen LogP contribution is 2.20. The molecule has 1 aromatic carbocycles. The second-order valence-corrected chi connectivity index (χ2v) is 4.99. The van der Waals surface area contributed by atoms with Crippen molar-refractivity contribution in [3.05, 3.63) is 29.8 Å². The Bertz CT molecular complexity index is 404. The van der Waals surface area contributed by atoms with Gasteiger partial charge in [0.2, 0.25) is 0 Å². The van der Waals surface area contributed by atoms with Crippen molar-refractivity contribution in [3.8, 4) is 5.75 Å². The number of benzene rings is 1. The van der Waals surface area contributed by atoms with Crippen molar-refractivity contribution in [1.82, 2.24) is 5.32 Å². The molecule has 0 aliphatic rings. The molecule has 0 bridgehead atoms. The van der Waals surface area contributed by atoms with E-state index in [-0.39, 0.29) is 0 Å². The minimum atomic E-state index is -0.867. The third-order valence-electron chi connectivity index (χ3n) is 2.64. The standard InChI is InChI=1S/C15H23NO3/c1-4-8-19-13-7-5-6-12(9-13)14(15(17)18)16-10-11(2)3/h5-7,9,11,14,16H,4,8,10H2,1-3H3,(H,17,18). The Labute approximate surface area is 114 Å². The molecule has 0 radical (unpaired) electrons. The van der Waals surface area contributed by atoms with Gasteiger partial charge in [0.1, 0.15) is 11.8 Å². The molecule has 1 aromatic rings. The Morgan fingerprint density at radius 3 is 2.74 bits per heavy atom. The number of carbonyl (C=O) groups is 1. The average Bonchev–Trinajstić information content (AvgIpc) is 2.36. The summed E-state index contributed by atoms with van der Waals surface area (Å²) in [6.07, 6.45) is 0.929. The van der Waals surface area contributed by atoms with Gasteiger partial charge in [-0.3, -0.25) is 4.79 Å². The lowest BCUT2D eigenvalue weighted by Gasteiger charge is -2.17. The van der Waals surface area contributed by atoms with Crippen LogP contribution >= 0.6 is 0 Å². The number of nitrogens with one attached hydrogen (secondary N) is 1. The molecule has 1 rings (SSSR count). The van der Waals surface area contributed by atoms with Crippen molar-refractivity contribution >= 4 is 5.97 Å². The summed E-state index contributed by atoms with van der Waals surface area (Å²) >= 11 is 0. The van der Waals surface area contributed by atoms with Gasteiger partial charge in [-0.25, -0.2) is 0 Å². The van der Waals surface area contributed by atoms with E-state index in [1.807, 2.05) is 39.0 Å². The zero-order chi connectivity index (χ0) is 14.3. The Morgan fingerprint density at radius 2 is 2.16 bits per heavy atom. The van der Waals surface area contributed by atoms with Gasteiger partial charge in [-0.05, 0) is 36.6 Å². The summed E-state index contributed by atoms with van der Waals surface area (Å²) in [6.45, 7) is 7.44. The first-order valence-corrected chi connectivity index (χ1v) is 6.73. The van der Waals surface area contributed by atoms with Gasteiger partial charge in [0.25, 0.3) is 0 Å². The normalized spacial score (nSPS) is 12.4. The SMILES string of the molecule is CCCOc1cccc(C(NCC(C)C)C(=O)O)c1. The van der Waals surface area contributed by atoms with E-state index in [0.717, 1.165) is 17.7 Å². The fourth-order valence-electron chi connectivity index (χ4n) is 1.71. The summed E-state index contributed by atoms with van der Waals surface area (Å²) in [7, 11) is 0. The van der Waals surface area contributed by atoms with Gasteiger partial charge in [0.05, 0.1) is 6.61 Å². The Morgan fingerprint density at radius 1 is 1.42 bits per heavy atom. The van der Waals surface area contributed by atoms with Crippen molar-refractivity contribution in [2.45, 2.75) is 33.2 Å². The van der Waals surface area contributed by atoms with Crippen LogP contribution < -0.4 is 10.1 Å². The van der Waals surface area contributed by atoms with Gasteiger partial charge < -0.3 is 15.2 Å². The number of aliphatic carboxylic acids is 1. The summed E-state index contributed by atoms with van der Waals surface area (Å²) in [5.41, 5.74) is 0.724. The molecule has 4 nitrogen and oxygen atoms in total. The second-order valence-electron chi connectivity index (χ2n) is 4.99. The molecule has 0 aromatic heterocycles. The van der Waals surface area contributed by atoms with E-state index in [9.17, 15) is 9.90 Å². The number of carboxylic acid groups (broad SMARTS) is 1. The van der Waals surface area contributed by atoms with Gasteiger partial charge in [0, 0.05) is 0 Å². The molecule has 0 aliphatic heterocycles. The molecule has 106 valence electrons. The maximum atomic E-state index is 11.3. The van der Waals surface area contributed by atoms with Crippen molar-refractivity contribution in [2.24, 2.45) is 5.92 Å². The first-order chi connectivity index (χ1) is 9.04. The molecule has 1 atom stereocenters. The number of rotatable bonds is 8. The molecule has 19 heavy (non-hydrogen) atoms. The van der Waals surface area contributed by atoms with Gasteiger partial charge >= 0.3 is 5.97 Å². The maximum absolute atomic E-state index is 11.3. The predicted molar refractivity (Wildman–Crippen MR) is 75.4 cm³/mol. The molecular formula is C15H23NO3. The molecular weight excluding hydrogens is 242 g/mol. The third kappa shape index (κ3) is 5.30. The molecule has 0 saturated heterocycles. The third-order valence-corrected chi connectivity index (χ3v) is 2.64. The van der Waals surface area contributed by atoms with Crippen LogP contribution in [0.25, 0.3) is 0 Å². The lowest BCUT2D eigenvalue weighted by molar-refractivity contribution is -0.139. The minimum Gasteiger partial charge on any atom is -0.494 e. The lowest BCUT2D eigenvalue weighted by atomic mass is 10.1. The van der Waals surface area contributed by atoms with Gasteiger partial charge in [-0.2, -0.15) is 0 Å². The topological polar surface area (TPSA) is 58.6 Å². The fraction of sp³-hybridized carbons (Fsp3) is 0.533. The maximum Gasteiger partial charge on any atom is 0.325 e. The Kier molecular flexibility index (Phi) is 6.36. The van der Waals surface area contributed by atoms with Crippen molar-refractivity contribution in [2.75, 3.05) is 13.2 Å². The van der Waals surface area contributed by atoms with Crippen molar-refractivity contribution in [1.29, 1.82) is 0 Å². The summed E-state index contributed by atoms with van der Waals surface area (Å²) in [5, 5.41) is 12.4. The van der Waals surface area contributed by atoms with E-state index < -0.39 is 12.0 Å². The molecule has 0 aliphatic carbocycles. The summed E-state index contributed by atoms with van der Waals surface area (Å²) in [4.78, 5) is 11.3. The number of hydrogen-bond donors (Lipinski definition) is 2. The van der Waals surface area contributed by atoms with Crippen LogP contribution in [0.5, 0.6) is 5.75 Å². The first kappa shape index (κ1) is 15.5. The average molecular weight is 265 g/mol. The van der Waals surface area contributed by atoms with E-state index in [0.29, 0.717) is 19.1 Å². The highest BCUT2D eigenvalue weighted by molar-refractivity contribution is 5.75. The van der Waals surface area contributed by atoms with Crippen LogP contribution in [0, 0.1) is 5.92 Å². The quantitative estimate of drug-likeness (QED) is 0.759. The first-order valence-electron chi connectivity index (χ1n) is 6.73. The van der Waals surface area contributed by atoms with Gasteiger partial charge in [-0.15, -0.1) is 0 Å². The largest absolute Gasteiger partial charge is 0.494 e. The highest BCUT2D eigenvalue weighted by Gasteiger charge is 2.19. The van der Waals surface area contributed by atoms with Crippen LogP contribution in [0.2, 0.25) is 0 Å². The Hall–Kier alpha value is -1.55. The lowest BCUT2D eigenvalue weighted by Crippen LogP contribution is -2.31. The van der Waals surface area contributed by atoms with E-state index in [1.54, 1.807) is 6.07 Å². The molecule has 1 unspecified atom stereocenters. The molecule has 0 fully saturated rings. The second kappa shape index (κ2) is 7.79. The zero-order valence-electron chi connectivity index (χ0n) is 11.8. The molecule has 0 heterocycles. The summed E-state index contributed by atoms with van der Waals surface area (Å²) < 4.78 is 5.53. The van der Waals surface area contributed by atoms with E-state index in [2.05, 4.69) is 5.32 Å². The zero-order valence-corrected chi connectivity index (χ0v) is 11.8. The van der Waals surface area contributed by atoms with Crippen LogP contribution in [0.3, 0.4) is 0 Å². The summed E-state index contributed by atoms with van der Waals surface area (Å²) in [5.74, 6) is 0.256. The predicted octanol–water partition coefficient (Wildman–Crippen LogP) is 2.85. The van der Waals surface area contributed by atoms with Crippen LogP contribution in [0.15, 0.2) is 24.3 Å². The monoisotopic (exact) mass is 265 g/mol.